The minimum atomic E-state index is -0.822. The standard InChI is InChI=1S/C13H24N2O3/c1-9-4-5-11(3)15(8-9)13(18)14-7-10(2)6-12(16)17/h9-11H,4-8H2,1-3H3,(H,14,18)(H,16,17). The number of nitrogens with zero attached hydrogens (tertiary/aromatic N) is 1. The van der Waals surface area contributed by atoms with E-state index in [1.807, 2.05) is 11.8 Å². The van der Waals surface area contributed by atoms with Gasteiger partial charge in [-0.2, -0.15) is 0 Å². The number of rotatable bonds is 4. The molecule has 5 nitrogen and oxygen atoms in total. The SMILES string of the molecule is CC(CNC(=O)N1CC(C)CCC1C)CC(=O)O. The fourth-order valence-corrected chi connectivity index (χ4v) is 2.30. The smallest absolute Gasteiger partial charge is 0.317 e. The molecule has 0 aromatic carbocycles. The van der Waals surface area contributed by atoms with Gasteiger partial charge < -0.3 is 15.3 Å². The van der Waals surface area contributed by atoms with Crippen LogP contribution in [0.3, 0.4) is 0 Å². The molecule has 0 spiro atoms. The monoisotopic (exact) mass is 256 g/mol. The highest BCUT2D eigenvalue weighted by molar-refractivity contribution is 5.74. The summed E-state index contributed by atoms with van der Waals surface area (Å²) in [6.45, 7) is 7.26. The Hall–Kier alpha value is -1.26. The summed E-state index contributed by atoms with van der Waals surface area (Å²) in [5.41, 5.74) is 0. The molecule has 0 aliphatic carbocycles. The largest absolute Gasteiger partial charge is 0.481 e. The van der Waals surface area contributed by atoms with Crippen LogP contribution in [0, 0.1) is 11.8 Å². The van der Waals surface area contributed by atoms with E-state index in [1.54, 1.807) is 0 Å². The first kappa shape index (κ1) is 14.8. The van der Waals surface area contributed by atoms with Crippen LogP contribution < -0.4 is 5.32 Å². The summed E-state index contributed by atoms with van der Waals surface area (Å²) >= 11 is 0. The Balaban J connectivity index is 2.37. The van der Waals surface area contributed by atoms with Crippen LogP contribution in [0.15, 0.2) is 0 Å². The van der Waals surface area contributed by atoms with Gasteiger partial charge in [0.1, 0.15) is 0 Å². The van der Waals surface area contributed by atoms with Crippen LogP contribution in [0.2, 0.25) is 0 Å². The second-order valence-electron chi connectivity index (χ2n) is 5.57. The molecule has 1 aliphatic rings. The zero-order valence-corrected chi connectivity index (χ0v) is 11.5. The van der Waals surface area contributed by atoms with Gasteiger partial charge in [0.05, 0.1) is 0 Å². The Labute approximate surface area is 109 Å². The highest BCUT2D eigenvalue weighted by Crippen LogP contribution is 2.21. The van der Waals surface area contributed by atoms with Crippen LogP contribution >= 0.6 is 0 Å². The first-order valence-electron chi connectivity index (χ1n) is 6.66. The zero-order chi connectivity index (χ0) is 13.7. The van der Waals surface area contributed by atoms with Gasteiger partial charge >= 0.3 is 12.0 Å². The van der Waals surface area contributed by atoms with Gasteiger partial charge in [0, 0.05) is 25.6 Å². The molecule has 2 N–H and O–H groups in total. The minimum Gasteiger partial charge on any atom is -0.481 e. The quantitative estimate of drug-likeness (QED) is 0.807. The predicted octanol–water partition coefficient (Wildman–Crippen LogP) is 1.93. The topological polar surface area (TPSA) is 69.6 Å². The van der Waals surface area contributed by atoms with E-state index in [0.717, 1.165) is 13.0 Å². The van der Waals surface area contributed by atoms with E-state index >= 15 is 0 Å². The number of carboxylic acid groups (broad SMARTS) is 1. The molecule has 0 saturated carbocycles. The van der Waals surface area contributed by atoms with Crippen molar-refractivity contribution in [3.63, 3.8) is 0 Å². The number of carboxylic acids is 1. The van der Waals surface area contributed by atoms with Crippen LogP contribution in [-0.2, 0) is 4.79 Å². The van der Waals surface area contributed by atoms with E-state index in [4.69, 9.17) is 5.11 Å². The van der Waals surface area contributed by atoms with Crippen LogP contribution in [-0.4, -0.2) is 41.1 Å². The van der Waals surface area contributed by atoms with E-state index < -0.39 is 5.97 Å². The number of urea groups is 1. The van der Waals surface area contributed by atoms with Crippen molar-refractivity contribution in [3.05, 3.63) is 0 Å². The van der Waals surface area contributed by atoms with Crippen molar-refractivity contribution in [3.8, 4) is 0 Å². The van der Waals surface area contributed by atoms with Gasteiger partial charge in [0.2, 0.25) is 0 Å². The number of carbonyl (C=O) groups excluding carboxylic acids is 1. The molecule has 3 atom stereocenters. The molecule has 2 amide bonds. The number of carbonyl (C=O) groups is 2. The second kappa shape index (κ2) is 6.61. The summed E-state index contributed by atoms with van der Waals surface area (Å²) in [7, 11) is 0. The van der Waals surface area contributed by atoms with Crippen molar-refractivity contribution in [2.75, 3.05) is 13.1 Å². The molecule has 1 fully saturated rings. The maximum absolute atomic E-state index is 12.0. The van der Waals surface area contributed by atoms with E-state index in [-0.39, 0.29) is 24.4 Å². The maximum atomic E-state index is 12.0. The van der Waals surface area contributed by atoms with E-state index in [1.165, 1.54) is 6.42 Å². The Kier molecular flexibility index (Phi) is 5.44. The summed E-state index contributed by atoms with van der Waals surface area (Å²) in [5, 5.41) is 11.5. The number of likely N-dealkylation sites (tertiary alicyclic amines) is 1. The summed E-state index contributed by atoms with van der Waals surface area (Å²) in [6.07, 6.45) is 2.30. The maximum Gasteiger partial charge on any atom is 0.317 e. The van der Waals surface area contributed by atoms with Gasteiger partial charge in [-0.05, 0) is 31.6 Å². The Morgan fingerprint density at radius 2 is 2.06 bits per heavy atom. The summed E-state index contributed by atoms with van der Waals surface area (Å²) < 4.78 is 0. The Bertz CT molecular complexity index is 307. The van der Waals surface area contributed by atoms with Gasteiger partial charge in [-0.1, -0.05) is 13.8 Å². The first-order valence-corrected chi connectivity index (χ1v) is 6.66. The van der Waals surface area contributed by atoms with Crippen LogP contribution in [0.5, 0.6) is 0 Å². The van der Waals surface area contributed by atoms with Crippen molar-refractivity contribution < 1.29 is 14.7 Å². The molecule has 3 unspecified atom stereocenters. The molecule has 0 radical (unpaired) electrons. The summed E-state index contributed by atoms with van der Waals surface area (Å²) in [5.74, 6) is -0.316. The van der Waals surface area contributed by atoms with E-state index in [2.05, 4.69) is 19.2 Å². The van der Waals surface area contributed by atoms with Crippen LogP contribution in [0.1, 0.15) is 40.0 Å². The fourth-order valence-electron chi connectivity index (χ4n) is 2.30. The molecule has 0 aromatic rings. The number of hydrogen-bond acceptors (Lipinski definition) is 2. The Morgan fingerprint density at radius 3 is 2.67 bits per heavy atom. The number of piperidine rings is 1. The zero-order valence-electron chi connectivity index (χ0n) is 11.5. The Morgan fingerprint density at radius 1 is 1.39 bits per heavy atom. The molecule has 0 bridgehead atoms. The second-order valence-corrected chi connectivity index (χ2v) is 5.57. The third-order valence-corrected chi connectivity index (χ3v) is 3.50. The third-order valence-electron chi connectivity index (χ3n) is 3.50. The van der Waals surface area contributed by atoms with E-state index in [9.17, 15) is 9.59 Å². The molecular formula is C13H24N2O3. The first-order chi connectivity index (χ1) is 8.40. The van der Waals surface area contributed by atoms with Crippen LogP contribution in [0.4, 0.5) is 4.79 Å². The number of hydrogen-bond donors (Lipinski definition) is 2. The minimum absolute atomic E-state index is 0.0380. The van der Waals surface area contributed by atoms with Gasteiger partial charge in [-0.25, -0.2) is 4.79 Å². The summed E-state index contributed by atoms with van der Waals surface area (Å²) in [4.78, 5) is 24.4. The molecule has 104 valence electrons. The molecule has 1 saturated heterocycles. The average molecular weight is 256 g/mol. The van der Waals surface area contributed by atoms with Crippen molar-refractivity contribution in [2.24, 2.45) is 11.8 Å². The van der Waals surface area contributed by atoms with E-state index in [0.29, 0.717) is 12.5 Å². The van der Waals surface area contributed by atoms with Gasteiger partial charge in [0.15, 0.2) is 0 Å². The lowest BCUT2D eigenvalue weighted by molar-refractivity contribution is -0.137. The average Bonchev–Trinajstić information content (AvgIpc) is 2.28. The lowest BCUT2D eigenvalue weighted by Crippen LogP contribution is -2.50. The lowest BCUT2D eigenvalue weighted by atomic mass is 9.95. The van der Waals surface area contributed by atoms with Crippen LogP contribution in [0.25, 0.3) is 0 Å². The number of amides is 2. The molecule has 1 heterocycles. The number of aliphatic carboxylic acids is 1. The normalized spacial score (nSPS) is 25.6. The van der Waals surface area contributed by atoms with Gasteiger partial charge in [0.25, 0.3) is 0 Å². The predicted molar refractivity (Wildman–Crippen MR) is 69.4 cm³/mol. The molecule has 18 heavy (non-hydrogen) atoms. The van der Waals surface area contributed by atoms with Crippen molar-refractivity contribution >= 4 is 12.0 Å². The fraction of sp³-hybridized carbons (Fsp3) is 0.846. The molecule has 1 aliphatic heterocycles. The van der Waals surface area contributed by atoms with Gasteiger partial charge in [-0.3, -0.25) is 4.79 Å². The van der Waals surface area contributed by atoms with Gasteiger partial charge in [-0.15, -0.1) is 0 Å². The molecule has 5 heteroatoms. The van der Waals surface area contributed by atoms with Crippen molar-refractivity contribution in [1.29, 1.82) is 0 Å². The molecule has 0 aromatic heterocycles. The highest BCUT2D eigenvalue weighted by atomic mass is 16.4. The summed E-state index contributed by atoms with van der Waals surface area (Å²) in [6, 6.07) is 0.210. The van der Waals surface area contributed by atoms with Crippen molar-refractivity contribution in [2.45, 2.75) is 46.1 Å². The lowest BCUT2D eigenvalue weighted by Gasteiger charge is -2.36. The highest BCUT2D eigenvalue weighted by Gasteiger charge is 2.26. The number of nitrogens with one attached hydrogen (secondary N) is 1. The third kappa shape index (κ3) is 4.55. The molecule has 1 rings (SSSR count). The van der Waals surface area contributed by atoms with Crippen molar-refractivity contribution in [1.82, 2.24) is 10.2 Å². The molecular weight excluding hydrogens is 232 g/mol.